The van der Waals surface area contributed by atoms with Crippen LogP contribution in [0.4, 0.5) is 0 Å². The zero-order valence-electron chi connectivity index (χ0n) is 3.60. The monoisotopic (exact) mass is 90.0 g/mol. The zero-order valence-corrected chi connectivity index (χ0v) is 3.60. The Bertz CT molecular complexity index is 167. The summed E-state index contributed by atoms with van der Waals surface area (Å²) in [5, 5.41) is 15.8. The minimum absolute atomic E-state index is 0.0694. The highest BCUT2D eigenvalue weighted by Crippen LogP contribution is 1.79. The molecule has 2 nitrogen and oxygen atoms in total. The van der Waals surface area contributed by atoms with E-state index in [2.05, 4.69) is 12.3 Å². The standard InChI is InChI=1S/C5H2N2/c1-2-5(3-6)4-7/h1H2. The summed E-state index contributed by atoms with van der Waals surface area (Å²) >= 11 is 0. The number of allylic oxidation sites excluding steroid dienone is 1. The van der Waals surface area contributed by atoms with E-state index in [-0.39, 0.29) is 5.57 Å². The first kappa shape index (κ1) is 5.50. The van der Waals surface area contributed by atoms with Crippen molar-refractivity contribution in [2.24, 2.45) is 0 Å². The molecule has 0 atom stereocenters. The van der Waals surface area contributed by atoms with Crippen LogP contribution in [-0.2, 0) is 0 Å². The highest BCUT2D eigenvalue weighted by atomic mass is 14.3. The predicted octanol–water partition coefficient (Wildman–Crippen LogP) is 0.745. The van der Waals surface area contributed by atoms with Crippen LogP contribution in [0.25, 0.3) is 0 Å². The van der Waals surface area contributed by atoms with Gasteiger partial charge in [-0.25, -0.2) is 0 Å². The van der Waals surface area contributed by atoms with Crippen LogP contribution in [0.15, 0.2) is 17.9 Å². The third-order valence-electron chi connectivity index (χ3n) is 0.400. The summed E-state index contributed by atoms with van der Waals surface area (Å²) in [6.45, 7) is 3.10. The zero-order chi connectivity index (χ0) is 5.70. The van der Waals surface area contributed by atoms with E-state index in [0.717, 1.165) is 0 Å². The average molecular weight is 90.1 g/mol. The van der Waals surface area contributed by atoms with Gasteiger partial charge in [-0.1, -0.05) is 12.3 Å². The van der Waals surface area contributed by atoms with Gasteiger partial charge >= 0.3 is 0 Å². The molecule has 0 saturated carbocycles. The van der Waals surface area contributed by atoms with Gasteiger partial charge in [-0.15, -0.1) is 0 Å². The van der Waals surface area contributed by atoms with Crippen molar-refractivity contribution in [1.82, 2.24) is 0 Å². The van der Waals surface area contributed by atoms with Crippen LogP contribution in [0.3, 0.4) is 0 Å². The minimum atomic E-state index is -0.0694. The van der Waals surface area contributed by atoms with Crippen molar-refractivity contribution >= 4 is 0 Å². The van der Waals surface area contributed by atoms with Gasteiger partial charge in [0.05, 0.1) is 0 Å². The predicted molar refractivity (Wildman–Crippen MR) is 23.9 cm³/mol. The first-order valence-corrected chi connectivity index (χ1v) is 1.55. The fourth-order valence-corrected chi connectivity index (χ4v) is 0.104. The van der Waals surface area contributed by atoms with Gasteiger partial charge in [0, 0.05) is 0 Å². The van der Waals surface area contributed by atoms with E-state index in [4.69, 9.17) is 10.5 Å². The van der Waals surface area contributed by atoms with Crippen LogP contribution in [0.2, 0.25) is 0 Å². The van der Waals surface area contributed by atoms with Crippen molar-refractivity contribution < 1.29 is 0 Å². The minimum Gasteiger partial charge on any atom is -0.191 e. The molecule has 7 heavy (non-hydrogen) atoms. The highest BCUT2D eigenvalue weighted by molar-refractivity contribution is 5.33. The molecule has 0 aliphatic heterocycles. The van der Waals surface area contributed by atoms with Crippen LogP contribution in [0, 0.1) is 22.7 Å². The molecule has 0 aliphatic rings. The third-order valence-corrected chi connectivity index (χ3v) is 0.400. The van der Waals surface area contributed by atoms with E-state index >= 15 is 0 Å². The lowest BCUT2D eigenvalue weighted by Crippen LogP contribution is -1.61. The Hall–Kier alpha value is -1.50. The van der Waals surface area contributed by atoms with E-state index < -0.39 is 0 Å². The normalized spacial score (nSPS) is 4.86. The molecule has 0 N–H and O–H groups in total. The summed E-state index contributed by atoms with van der Waals surface area (Å²) in [5.41, 5.74) is 2.08. The fourth-order valence-electron chi connectivity index (χ4n) is 0.104. The van der Waals surface area contributed by atoms with E-state index in [9.17, 15) is 0 Å². The van der Waals surface area contributed by atoms with Crippen LogP contribution >= 0.6 is 0 Å². The summed E-state index contributed by atoms with van der Waals surface area (Å²) in [7, 11) is 0. The molecule has 0 unspecified atom stereocenters. The fraction of sp³-hybridized carbons (Fsp3) is 0. The van der Waals surface area contributed by atoms with Crippen molar-refractivity contribution in [2.75, 3.05) is 0 Å². The molecule has 0 aliphatic carbocycles. The number of hydrogen-bond acceptors (Lipinski definition) is 2. The molecular formula is C5H2N2. The van der Waals surface area contributed by atoms with Crippen LogP contribution in [-0.4, -0.2) is 0 Å². The number of rotatable bonds is 0. The van der Waals surface area contributed by atoms with Gasteiger partial charge in [-0.2, -0.15) is 10.5 Å². The molecule has 0 radical (unpaired) electrons. The molecule has 0 bridgehead atoms. The number of nitrogens with zero attached hydrogens (tertiary/aromatic N) is 2. The van der Waals surface area contributed by atoms with Crippen molar-refractivity contribution in [3.63, 3.8) is 0 Å². The summed E-state index contributed by atoms with van der Waals surface area (Å²) < 4.78 is 0. The Morgan fingerprint density at radius 1 is 1.29 bits per heavy atom. The van der Waals surface area contributed by atoms with Crippen LogP contribution in [0.5, 0.6) is 0 Å². The number of nitriles is 2. The molecule has 0 aromatic carbocycles. The molecule has 32 valence electrons. The first-order chi connectivity index (χ1) is 3.35. The van der Waals surface area contributed by atoms with E-state index in [1.165, 1.54) is 0 Å². The molecule has 0 rings (SSSR count). The maximum absolute atomic E-state index is 7.91. The van der Waals surface area contributed by atoms with Gasteiger partial charge in [0.1, 0.15) is 12.1 Å². The second kappa shape index (κ2) is 2.72. The van der Waals surface area contributed by atoms with Gasteiger partial charge in [0.2, 0.25) is 0 Å². The van der Waals surface area contributed by atoms with Crippen molar-refractivity contribution in [1.29, 1.82) is 10.5 Å². The smallest absolute Gasteiger partial charge is 0.171 e. The van der Waals surface area contributed by atoms with Gasteiger partial charge in [0.15, 0.2) is 5.57 Å². The maximum atomic E-state index is 7.91. The van der Waals surface area contributed by atoms with E-state index in [1.54, 1.807) is 12.1 Å². The topological polar surface area (TPSA) is 47.6 Å². The second-order valence-electron chi connectivity index (χ2n) is 0.775. The third kappa shape index (κ3) is 1.39. The van der Waals surface area contributed by atoms with Crippen LogP contribution < -0.4 is 0 Å². The molecule has 2 heteroatoms. The van der Waals surface area contributed by atoms with Gasteiger partial charge in [-0.3, -0.25) is 0 Å². The van der Waals surface area contributed by atoms with Crippen molar-refractivity contribution in [2.45, 2.75) is 0 Å². The molecule has 0 saturated heterocycles. The Morgan fingerprint density at radius 2 is 1.71 bits per heavy atom. The Morgan fingerprint density at radius 3 is 1.71 bits per heavy atom. The van der Waals surface area contributed by atoms with Gasteiger partial charge < -0.3 is 0 Å². The van der Waals surface area contributed by atoms with E-state index in [1.807, 2.05) is 0 Å². The molecule has 0 spiro atoms. The maximum Gasteiger partial charge on any atom is 0.171 e. The van der Waals surface area contributed by atoms with Crippen molar-refractivity contribution in [3.05, 3.63) is 17.9 Å². The Kier molecular flexibility index (Phi) is 2.14. The van der Waals surface area contributed by atoms with Crippen molar-refractivity contribution in [3.8, 4) is 12.1 Å². The average Bonchev–Trinajstić information content (AvgIpc) is 1.72. The highest BCUT2D eigenvalue weighted by Gasteiger charge is 1.80. The molecule has 0 aromatic heterocycles. The Labute approximate surface area is 41.6 Å². The lowest BCUT2D eigenvalue weighted by Gasteiger charge is -1.60. The summed E-state index contributed by atoms with van der Waals surface area (Å²) in [5.74, 6) is 0. The lowest BCUT2D eigenvalue weighted by molar-refractivity contribution is 1.47. The van der Waals surface area contributed by atoms with Gasteiger partial charge in [-0.05, 0) is 0 Å². The number of hydrogen-bond donors (Lipinski definition) is 0. The summed E-state index contributed by atoms with van der Waals surface area (Å²) in [6, 6.07) is 3.17. The molecule has 0 fully saturated rings. The quantitative estimate of drug-likeness (QED) is 0.325. The summed E-state index contributed by atoms with van der Waals surface area (Å²) in [6.07, 6.45) is 0. The lowest BCUT2D eigenvalue weighted by atomic mass is 10.4. The second-order valence-corrected chi connectivity index (χ2v) is 0.775. The van der Waals surface area contributed by atoms with E-state index in [0.29, 0.717) is 0 Å². The largest absolute Gasteiger partial charge is 0.191 e. The molecule has 0 aromatic rings. The molecule has 0 amide bonds. The SMILES string of the molecule is C=C=C(C#N)C#N. The van der Waals surface area contributed by atoms with Crippen LogP contribution in [0.1, 0.15) is 0 Å². The van der Waals surface area contributed by atoms with Gasteiger partial charge in [0.25, 0.3) is 0 Å². The Balaban J connectivity index is 4.35. The first-order valence-electron chi connectivity index (χ1n) is 1.55. The molecule has 0 heterocycles. The summed E-state index contributed by atoms with van der Waals surface area (Å²) in [4.78, 5) is 0. The molecular weight excluding hydrogens is 88.1 g/mol.